The summed E-state index contributed by atoms with van der Waals surface area (Å²) in [6.45, 7) is 4.28. The van der Waals surface area contributed by atoms with Crippen LogP contribution in [0.3, 0.4) is 0 Å². The summed E-state index contributed by atoms with van der Waals surface area (Å²) in [6.07, 6.45) is 0. The summed E-state index contributed by atoms with van der Waals surface area (Å²) in [5, 5.41) is 10.00. The first-order chi connectivity index (χ1) is 8.15. The number of ether oxygens (including phenoxy) is 1. The van der Waals surface area contributed by atoms with Gasteiger partial charge >= 0.3 is 0 Å². The molecule has 2 rings (SSSR count). The zero-order valence-electron chi connectivity index (χ0n) is 10.2. The Labute approximate surface area is 101 Å². The molecule has 3 nitrogen and oxygen atoms in total. The number of benzene rings is 1. The molecule has 0 saturated carbocycles. The van der Waals surface area contributed by atoms with E-state index in [1.54, 1.807) is 0 Å². The second kappa shape index (κ2) is 4.42. The van der Waals surface area contributed by atoms with Crippen LogP contribution in [0.15, 0.2) is 24.3 Å². The second-order valence-electron chi connectivity index (χ2n) is 4.26. The lowest BCUT2D eigenvalue weighted by Crippen LogP contribution is -1.94. The molecule has 0 radical (unpaired) electrons. The van der Waals surface area contributed by atoms with Crippen LogP contribution in [0, 0.1) is 11.3 Å². The summed E-state index contributed by atoms with van der Waals surface area (Å²) in [7, 11) is 1.53. The molecule has 0 aliphatic carbocycles. The van der Waals surface area contributed by atoms with Crippen LogP contribution < -0.4 is 4.74 Å². The summed E-state index contributed by atoms with van der Waals surface area (Å²) in [4.78, 5) is 4.32. The Morgan fingerprint density at radius 1 is 1.29 bits per heavy atom. The first-order valence-corrected chi connectivity index (χ1v) is 5.54. The number of fused-ring (bicyclic) bond motifs is 1. The third-order valence-electron chi connectivity index (χ3n) is 2.78. The molecule has 0 amide bonds. The van der Waals surface area contributed by atoms with Gasteiger partial charge in [-0.05, 0) is 29.7 Å². The highest BCUT2D eigenvalue weighted by Crippen LogP contribution is 2.24. The molecule has 0 bridgehead atoms. The number of nitrogens with zero attached hydrogens (tertiary/aromatic N) is 2. The molecule has 3 heteroatoms. The van der Waals surface area contributed by atoms with Crippen molar-refractivity contribution in [3.05, 3.63) is 35.4 Å². The fourth-order valence-corrected chi connectivity index (χ4v) is 1.77. The van der Waals surface area contributed by atoms with Gasteiger partial charge in [-0.2, -0.15) is 5.26 Å². The second-order valence-corrected chi connectivity index (χ2v) is 4.26. The van der Waals surface area contributed by atoms with E-state index < -0.39 is 0 Å². The van der Waals surface area contributed by atoms with E-state index in [0.717, 1.165) is 10.9 Å². The molecule has 0 N–H and O–H groups in total. The lowest BCUT2D eigenvalue weighted by Gasteiger charge is -2.08. The summed E-state index contributed by atoms with van der Waals surface area (Å²) in [6, 6.07) is 10.0. The molecule has 1 aromatic carbocycles. The van der Waals surface area contributed by atoms with Crippen molar-refractivity contribution in [2.75, 3.05) is 7.11 Å². The van der Waals surface area contributed by atoms with Gasteiger partial charge in [0.25, 0.3) is 0 Å². The maximum atomic E-state index is 9.02. The highest BCUT2D eigenvalue weighted by atomic mass is 16.5. The van der Waals surface area contributed by atoms with E-state index in [0.29, 0.717) is 17.4 Å². The minimum Gasteiger partial charge on any atom is -0.480 e. The van der Waals surface area contributed by atoms with Crippen molar-refractivity contribution in [3.63, 3.8) is 0 Å². The Hall–Kier alpha value is -2.08. The smallest absolute Gasteiger partial charge is 0.231 e. The lowest BCUT2D eigenvalue weighted by molar-refractivity contribution is 0.398. The predicted octanol–water partition coefficient (Wildman–Crippen LogP) is 3.24. The molecular formula is C14H14N2O. The first kappa shape index (κ1) is 11.4. The van der Waals surface area contributed by atoms with E-state index in [-0.39, 0.29) is 0 Å². The van der Waals surface area contributed by atoms with Gasteiger partial charge < -0.3 is 4.74 Å². The predicted molar refractivity (Wildman–Crippen MR) is 67.1 cm³/mol. The van der Waals surface area contributed by atoms with Crippen molar-refractivity contribution in [1.82, 2.24) is 4.98 Å². The maximum Gasteiger partial charge on any atom is 0.231 e. The summed E-state index contributed by atoms with van der Waals surface area (Å²) < 4.78 is 5.09. The summed E-state index contributed by atoms with van der Waals surface area (Å²) in [5.74, 6) is 0.851. The molecule has 1 aromatic heterocycles. The zero-order chi connectivity index (χ0) is 12.4. The number of hydrogen-bond acceptors (Lipinski definition) is 3. The van der Waals surface area contributed by atoms with Crippen molar-refractivity contribution in [2.45, 2.75) is 19.8 Å². The first-order valence-electron chi connectivity index (χ1n) is 5.54. The molecular weight excluding hydrogens is 212 g/mol. The minimum absolute atomic E-state index is 0.386. The third kappa shape index (κ3) is 2.07. The van der Waals surface area contributed by atoms with Crippen LogP contribution in [0.25, 0.3) is 10.9 Å². The fraction of sp³-hybridized carbons (Fsp3) is 0.286. The van der Waals surface area contributed by atoms with Gasteiger partial charge in [0.1, 0.15) is 11.6 Å². The Morgan fingerprint density at radius 2 is 2.06 bits per heavy atom. The topological polar surface area (TPSA) is 45.9 Å². The van der Waals surface area contributed by atoms with Gasteiger partial charge in [-0.1, -0.05) is 19.9 Å². The molecule has 1 heterocycles. The lowest BCUT2D eigenvalue weighted by atomic mass is 10.0. The van der Waals surface area contributed by atoms with E-state index >= 15 is 0 Å². The van der Waals surface area contributed by atoms with Gasteiger partial charge in [0, 0.05) is 5.39 Å². The Bertz CT molecular complexity index is 597. The van der Waals surface area contributed by atoms with Crippen molar-refractivity contribution >= 4 is 10.9 Å². The molecule has 0 spiro atoms. The van der Waals surface area contributed by atoms with Gasteiger partial charge in [0.2, 0.25) is 5.88 Å². The molecule has 0 aliphatic rings. The molecule has 0 fully saturated rings. The Balaban J connectivity index is 2.67. The van der Waals surface area contributed by atoms with E-state index in [9.17, 15) is 0 Å². The number of hydrogen-bond donors (Lipinski definition) is 0. The Kier molecular flexibility index (Phi) is 2.97. The minimum atomic E-state index is 0.386. The normalized spacial score (nSPS) is 10.5. The molecule has 0 aliphatic heterocycles. The van der Waals surface area contributed by atoms with E-state index in [1.165, 1.54) is 12.7 Å². The highest BCUT2D eigenvalue weighted by molar-refractivity contribution is 5.81. The zero-order valence-corrected chi connectivity index (χ0v) is 10.2. The van der Waals surface area contributed by atoms with Gasteiger partial charge in [0.05, 0.1) is 12.6 Å². The van der Waals surface area contributed by atoms with Crippen LogP contribution in [-0.4, -0.2) is 12.1 Å². The van der Waals surface area contributed by atoms with E-state index in [2.05, 4.69) is 37.0 Å². The van der Waals surface area contributed by atoms with Crippen molar-refractivity contribution in [1.29, 1.82) is 5.26 Å². The molecule has 0 saturated heterocycles. The summed E-state index contributed by atoms with van der Waals surface area (Å²) >= 11 is 0. The number of rotatable bonds is 2. The standard InChI is InChI=1S/C14H14N2O/c1-9(2)10-4-5-13-11(6-10)7-12(8-15)14(16-13)17-3/h4-7,9H,1-3H3. The molecule has 0 atom stereocenters. The van der Waals surface area contributed by atoms with Crippen LogP contribution in [0.1, 0.15) is 30.9 Å². The van der Waals surface area contributed by atoms with Crippen LogP contribution in [-0.2, 0) is 0 Å². The van der Waals surface area contributed by atoms with Crippen LogP contribution in [0.4, 0.5) is 0 Å². The molecule has 0 unspecified atom stereocenters. The van der Waals surface area contributed by atoms with Crippen molar-refractivity contribution in [2.24, 2.45) is 0 Å². The fourth-order valence-electron chi connectivity index (χ4n) is 1.77. The number of methoxy groups -OCH3 is 1. The summed E-state index contributed by atoms with van der Waals surface area (Å²) in [5.41, 5.74) is 2.57. The van der Waals surface area contributed by atoms with Gasteiger partial charge in [-0.3, -0.25) is 0 Å². The average Bonchev–Trinajstić information content (AvgIpc) is 2.36. The molecule has 17 heavy (non-hydrogen) atoms. The van der Waals surface area contributed by atoms with Gasteiger partial charge in [-0.25, -0.2) is 4.98 Å². The Morgan fingerprint density at radius 3 is 2.65 bits per heavy atom. The quantitative estimate of drug-likeness (QED) is 0.789. The van der Waals surface area contributed by atoms with E-state index in [1.807, 2.05) is 12.1 Å². The van der Waals surface area contributed by atoms with Crippen molar-refractivity contribution in [3.8, 4) is 11.9 Å². The average molecular weight is 226 g/mol. The maximum absolute atomic E-state index is 9.02. The van der Waals surface area contributed by atoms with Gasteiger partial charge in [-0.15, -0.1) is 0 Å². The van der Waals surface area contributed by atoms with E-state index in [4.69, 9.17) is 10.00 Å². The molecule has 2 aromatic rings. The monoisotopic (exact) mass is 226 g/mol. The number of pyridine rings is 1. The van der Waals surface area contributed by atoms with Crippen LogP contribution in [0.2, 0.25) is 0 Å². The van der Waals surface area contributed by atoms with Crippen LogP contribution in [0.5, 0.6) is 5.88 Å². The molecule has 86 valence electrons. The van der Waals surface area contributed by atoms with Gasteiger partial charge in [0.15, 0.2) is 0 Å². The number of aromatic nitrogens is 1. The van der Waals surface area contributed by atoms with Crippen molar-refractivity contribution < 1.29 is 4.74 Å². The number of nitriles is 1. The largest absolute Gasteiger partial charge is 0.480 e. The third-order valence-corrected chi connectivity index (χ3v) is 2.78. The SMILES string of the molecule is COc1nc2ccc(C(C)C)cc2cc1C#N. The highest BCUT2D eigenvalue weighted by Gasteiger charge is 2.08. The van der Waals surface area contributed by atoms with Crippen LogP contribution >= 0.6 is 0 Å².